The third kappa shape index (κ3) is 8.10. The molecule has 0 aliphatic carbocycles. The molecule has 2 rings (SSSR count). The SMILES string of the molecule is CCNC(=NCc1nc(C(F)(F)F)cs1)NCC1CCCN(C(C)C)C1.I. The van der Waals surface area contributed by atoms with Gasteiger partial charge in [0.1, 0.15) is 5.01 Å². The van der Waals surface area contributed by atoms with Crippen molar-refractivity contribution in [3.8, 4) is 0 Å². The Morgan fingerprint density at radius 2 is 2.15 bits per heavy atom. The molecule has 0 spiro atoms. The highest BCUT2D eigenvalue weighted by Gasteiger charge is 2.33. The molecule has 1 aromatic heterocycles. The zero-order valence-electron chi connectivity index (χ0n) is 16.0. The number of likely N-dealkylation sites (tertiary alicyclic amines) is 1. The Kier molecular flexibility index (Phi) is 10.3. The topological polar surface area (TPSA) is 52.6 Å². The highest BCUT2D eigenvalue weighted by Crippen LogP contribution is 2.30. The Hall–Kier alpha value is -0.620. The predicted molar refractivity (Wildman–Crippen MR) is 115 cm³/mol. The molecule has 5 nitrogen and oxygen atoms in total. The second-order valence-corrected chi connectivity index (χ2v) is 7.74. The van der Waals surface area contributed by atoms with Gasteiger partial charge in [-0.15, -0.1) is 35.3 Å². The third-order valence-corrected chi connectivity index (χ3v) is 5.23. The lowest BCUT2D eigenvalue weighted by molar-refractivity contribution is -0.140. The summed E-state index contributed by atoms with van der Waals surface area (Å²) in [6, 6.07) is 0.549. The first-order valence-corrected chi connectivity index (χ1v) is 9.95. The number of rotatable bonds is 6. The average Bonchev–Trinajstić information content (AvgIpc) is 3.07. The summed E-state index contributed by atoms with van der Waals surface area (Å²) >= 11 is 0.986. The van der Waals surface area contributed by atoms with E-state index in [2.05, 4.69) is 39.4 Å². The fraction of sp³-hybridized carbons (Fsp3) is 0.765. The maximum absolute atomic E-state index is 12.6. The van der Waals surface area contributed by atoms with E-state index in [0.717, 1.165) is 36.4 Å². The zero-order chi connectivity index (χ0) is 19.2. The van der Waals surface area contributed by atoms with Crippen molar-refractivity contribution >= 4 is 41.3 Å². The number of thiazole rings is 1. The lowest BCUT2D eigenvalue weighted by Gasteiger charge is -2.35. The van der Waals surface area contributed by atoms with E-state index in [1.54, 1.807) is 0 Å². The van der Waals surface area contributed by atoms with Crippen molar-refractivity contribution in [3.63, 3.8) is 0 Å². The summed E-state index contributed by atoms with van der Waals surface area (Å²) in [7, 11) is 0. The van der Waals surface area contributed by atoms with Crippen LogP contribution in [0.15, 0.2) is 10.4 Å². The number of halogens is 4. The van der Waals surface area contributed by atoms with Crippen LogP contribution in [0, 0.1) is 5.92 Å². The number of alkyl halides is 3. The molecule has 27 heavy (non-hydrogen) atoms. The molecule has 1 fully saturated rings. The number of guanidine groups is 1. The van der Waals surface area contributed by atoms with Gasteiger partial charge in [0.05, 0.1) is 6.54 Å². The van der Waals surface area contributed by atoms with Crippen LogP contribution in [0.4, 0.5) is 13.2 Å². The standard InChI is InChI=1S/C17H28F3N5S.HI/c1-4-21-16(22-8-13-6-5-7-25(10-13)12(2)3)23-9-15-24-14(11-26-15)17(18,19)20;/h11-13H,4-10H2,1-3H3,(H2,21,22,23);1H. The van der Waals surface area contributed by atoms with E-state index >= 15 is 0 Å². The molecule has 1 aromatic rings. The van der Waals surface area contributed by atoms with Crippen molar-refractivity contribution in [1.82, 2.24) is 20.5 Å². The fourth-order valence-corrected chi connectivity index (χ4v) is 3.70. The molecular formula is C17H29F3IN5S. The molecule has 1 saturated heterocycles. The molecule has 0 amide bonds. The normalized spacial score (nSPS) is 19.1. The average molecular weight is 519 g/mol. The lowest BCUT2D eigenvalue weighted by atomic mass is 9.97. The van der Waals surface area contributed by atoms with Crippen molar-refractivity contribution in [1.29, 1.82) is 0 Å². The van der Waals surface area contributed by atoms with Crippen molar-refractivity contribution in [2.75, 3.05) is 26.2 Å². The summed E-state index contributed by atoms with van der Waals surface area (Å²) in [6.07, 6.45) is -2.03. The van der Waals surface area contributed by atoms with Crippen LogP contribution in [0.25, 0.3) is 0 Å². The van der Waals surface area contributed by atoms with E-state index in [1.165, 1.54) is 12.8 Å². The molecule has 2 heterocycles. The molecule has 0 saturated carbocycles. The molecule has 1 atom stereocenters. The monoisotopic (exact) mass is 519 g/mol. The van der Waals surface area contributed by atoms with Gasteiger partial charge in [0, 0.05) is 31.1 Å². The molecule has 1 aliphatic rings. The van der Waals surface area contributed by atoms with Gasteiger partial charge in [0.25, 0.3) is 0 Å². The molecule has 2 N–H and O–H groups in total. The number of aromatic nitrogens is 1. The van der Waals surface area contributed by atoms with Crippen molar-refractivity contribution in [2.45, 2.75) is 52.4 Å². The van der Waals surface area contributed by atoms with Gasteiger partial charge in [-0.05, 0) is 46.1 Å². The minimum absolute atomic E-state index is 0. The molecule has 0 aromatic carbocycles. The number of hydrogen-bond donors (Lipinski definition) is 2. The van der Waals surface area contributed by atoms with Crippen LogP contribution in [-0.2, 0) is 12.7 Å². The summed E-state index contributed by atoms with van der Waals surface area (Å²) in [4.78, 5) is 10.5. The Balaban J connectivity index is 0.00000364. The lowest BCUT2D eigenvalue weighted by Crippen LogP contribution is -2.46. The van der Waals surface area contributed by atoms with Gasteiger partial charge in [-0.25, -0.2) is 9.98 Å². The zero-order valence-corrected chi connectivity index (χ0v) is 19.1. The van der Waals surface area contributed by atoms with Crippen LogP contribution in [0.2, 0.25) is 0 Å². The molecule has 1 aliphatic heterocycles. The van der Waals surface area contributed by atoms with Gasteiger partial charge in [0.2, 0.25) is 0 Å². The Morgan fingerprint density at radius 3 is 2.74 bits per heavy atom. The summed E-state index contributed by atoms with van der Waals surface area (Å²) in [5.41, 5.74) is -0.846. The van der Waals surface area contributed by atoms with E-state index in [9.17, 15) is 13.2 Å². The summed E-state index contributed by atoms with van der Waals surface area (Å²) in [5.74, 6) is 1.17. The van der Waals surface area contributed by atoms with Gasteiger partial charge in [-0.2, -0.15) is 13.2 Å². The maximum Gasteiger partial charge on any atom is 0.434 e. The molecule has 0 radical (unpaired) electrons. The van der Waals surface area contributed by atoms with Crippen LogP contribution >= 0.6 is 35.3 Å². The summed E-state index contributed by atoms with van der Waals surface area (Å²) in [5, 5.41) is 7.86. The van der Waals surface area contributed by atoms with E-state index in [1.807, 2.05) is 6.92 Å². The Bertz CT molecular complexity index is 591. The highest BCUT2D eigenvalue weighted by atomic mass is 127. The number of hydrogen-bond acceptors (Lipinski definition) is 4. The minimum Gasteiger partial charge on any atom is -0.357 e. The van der Waals surface area contributed by atoms with E-state index in [-0.39, 0.29) is 30.5 Å². The molecule has 10 heteroatoms. The molecular weight excluding hydrogens is 490 g/mol. The first-order chi connectivity index (χ1) is 12.3. The van der Waals surface area contributed by atoms with E-state index < -0.39 is 11.9 Å². The Morgan fingerprint density at radius 1 is 1.41 bits per heavy atom. The third-order valence-electron chi connectivity index (χ3n) is 4.40. The number of aliphatic imine (C=N–C) groups is 1. The molecule has 156 valence electrons. The van der Waals surface area contributed by atoms with E-state index in [4.69, 9.17) is 0 Å². The highest BCUT2D eigenvalue weighted by molar-refractivity contribution is 14.0. The van der Waals surface area contributed by atoms with Crippen molar-refractivity contribution < 1.29 is 13.2 Å². The van der Waals surface area contributed by atoms with Crippen molar-refractivity contribution in [3.05, 3.63) is 16.1 Å². The quantitative estimate of drug-likeness (QED) is 0.340. The van der Waals surface area contributed by atoms with Gasteiger partial charge in [-0.1, -0.05) is 0 Å². The summed E-state index contributed by atoms with van der Waals surface area (Å²) < 4.78 is 37.8. The first kappa shape index (κ1) is 24.4. The Labute approximate surface area is 180 Å². The van der Waals surface area contributed by atoms with Crippen LogP contribution in [-0.4, -0.2) is 48.1 Å². The van der Waals surface area contributed by atoms with Gasteiger partial charge in [-0.3, -0.25) is 0 Å². The second-order valence-electron chi connectivity index (χ2n) is 6.80. The molecule has 0 bridgehead atoms. The first-order valence-electron chi connectivity index (χ1n) is 9.07. The van der Waals surface area contributed by atoms with Crippen LogP contribution in [0.3, 0.4) is 0 Å². The minimum atomic E-state index is -4.40. The smallest absolute Gasteiger partial charge is 0.357 e. The second kappa shape index (κ2) is 11.4. The van der Waals surface area contributed by atoms with Crippen LogP contribution in [0.5, 0.6) is 0 Å². The van der Waals surface area contributed by atoms with Crippen LogP contribution in [0.1, 0.15) is 44.3 Å². The van der Waals surface area contributed by atoms with Gasteiger partial charge in [0.15, 0.2) is 11.7 Å². The van der Waals surface area contributed by atoms with Gasteiger partial charge < -0.3 is 15.5 Å². The van der Waals surface area contributed by atoms with Crippen LogP contribution < -0.4 is 10.6 Å². The predicted octanol–water partition coefficient (Wildman–Crippen LogP) is 3.96. The fourth-order valence-electron chi connectivity index (χ4n) is 2.98. The van der Waals surface area contributed by atoms with Gasteiger partial charge >= 0.3 is 6.18 Å². The number of nitrogens with one attached hydrogen (secondary N) is 2. The maximum atomic E-state index is 12.6. The largest absolute Gasteiger partial charge is 0.434 e. The number of nitrogens with zero attached hydrogens (tertiary/aromatic N) is 3. The van der Waals surface area contributed by atoms with E-state index in [0.29, 0.717) is 29.5 Å². The number of piperidine rings is 1. The molecule has 1 unspecified atom stereocenters. The summed E-state index contributed by atoms with van der Waals surface area (Å²) in [6.45, 7) is 10.2. The van der Waals surface area contributed by atoms with Crippen molar-refractivity contribution in [2.24, 2.45) is 10.9 Å².